The molecular formula is C14H12BrClO. The molecule has 0 fully saturated rings. The monoisotopic (exact) mass is 310 g/mol. The lowest BCUT2D eigenvalue weighted by Gasteiger charge is -2.09. The molecule has 2 aromatic rings. The van der Waals surface area contributed by atoms with E-state index >= 15 is 0 Å². The Morgan fingerprint density at radius 3 is 2.47 bits per heavy atom. The molecule has 0 bridgehead atoms. The standard InChI is InChI=1S/C14H12BrClO/c1-10-2-5-12(16)8-14(10)17-13-6-3-11(9-15)4-7-13/h2-8H,9H2,1H3. The van der Waals surface area contributed by atoms with Crippen molar-refractivity contribution in [2.45, 2.75) is 12.3 Å². The van der Waals surface area contributed by atoms with Gasteiger partial charge in [-0.25, -0.2) is 0 Å². The molecule has 0 heterocycles. The van der Waals surface area contributed by atoms with Crippen LogP contribution in [0.5, 0.6) is 11.5 Å². The highest BCUT2D eigenvalue weighted by Gasteiger charge is 2.02. The number of halogens is 2. The summed E-state index contributed by atoms with van der Waals surface area (Å²) in [5.41, 5.74) is 2.29. The number of hydrogen-bond donors (Lipinski definition) is 0. The van der Waals surface area contributed by atoms with E-state index in [1.54, 1.807) is 0 Å². The van der Waals surface area contributed by atoms with Gasteiger partial charge in [-0.1, -0.05) is 45.7 Å². The molecule has 0 N–H and O–H groups in total. The normalized spacial score (nSPS) is 10.3. The van der Waals surface area contributed by atoms with E-state index in [1.165, 1.54) is 5.56 Å². The van der Waals surface area contributed by atoms with Crippen molar-refractivity contribution in [3.8, 4) is 11.5 Å². The van der Waals surface area contributed by atoms with Crippen LogP contribution in [0.2, 0.25) is 5.02 Å². The van der Waals surface area contributed by atoms with Gasteiger partial charge in [0.15, 0.2) is 0 Å². The molecule has 3 heteroatoms. The third kappa shape index (κ3) is 3.24. The minimum Gasteiger partial charge on any atom is -0.457 e. The molecule has 88 valence electrons. The van der Waals surface area contributed by atoms with E-state index in [0.717, 1.165) is 22.4 Å². The summed E-state index contributed by atoms with van der Waals surface area (Å²) in [4.78, 5) is 0. The van der Waals surface area contributed by atoms with Gasteiger partial charge in [0.2, 0.25) is 0 Å². The van der Waals surface area contributed by atoms with Crippen LogP contribution in [0.3, 0.4) is 0 Å². The predicted molar refractivity (Wildman–Crippen MR) is 75.3 cm³/mol. The first-order valence-electron chi connectivity index (χ1n) is 5.28. The molecule has 0 aliphatic rings. The molecule has 0 atom stereocenters. The molecule has 0 radical (unpaired) electrons. The van der Waals surface area contributed by atoms with Gasteiger partial charge in [0, 0.05) is 10.4 Å². The largest absolute Gasteiger partial charge is 0.457 e. The van der Waals surface area contributed by atoms with Crippen LogP contribution >= 0.6 is 27.5 Å². The van der Waals surface area contributed by atoms with Crippen molar-refractivity contribution < 1.29 is 4.74 Å². The zero-order valence-electron chi connectivity index (χ0n) is 9.41. The minimum atomic E-state index is 0.683. The lowest BCUT2D eigenvalue weighted by Crippen LogP contribution is -1.88. The minimum absolute atomic E-state index is 0.683. The highest BCUT2D eigenvalue weighted by Crippen LogP contribution is 2.28. The maximum atomic E-state index is 5.94. The van der Waals surface area contributed by atoms with Crippen molar-refractivity contribution in [3.05, 3.63) is 58.6 Å². The van der Waals surface area contributed by atoms with Crippen molar-refractivity contribution in [1.82, 2.24) is 0 Å². The van der Waals surface area contributed by atoms with Crippen molar-refractivity contribution in [1.29, 1.82) is 0 Å². The first-order valence-corrected chi connectivity index (χ1v) is 6.78. The summed E-state index contributed by atoms with van der Waals surface area (Å²) < 4.78 is 5.79. The molecule has 0 aliphatic carbocycles. The number of benzene rings is 2. The van der Waals surface area contributed by atoms with Crippen LogP contribution in [0.4, 0.5) is 0 Å². The van der Waals surface area contributed by atoms with E-state index in [0.29, 0.717) is 5.02 Å². The SMILES string of the molecule is Cc1ccc(Cl)cc1Oc1ccc(CBr)cc1. The second-order valence-electron chi connectivity index (χ2n) is 3.79. The molecule has 0 aliphatic heterocycles. The molecular weight excluding hydrogens is 300 g/mol. The zero-order chi connectivity index (χ0) is 12.3. The summed E-state index contributed by atoms with van der Waals surface area (Å²) in [6, 6.07) is 13.6. The van der Waals surface area contributed by atoms with Crippen LogP contribution in [0.15, 0.2) is 42.5 Å². The van der Waals surface area contributed by atoms with Gasteiger partial charge in [-0.15, -0.1) is 0 Å². The second kappa shape index (κ2) is 5.56. The molecule has 17 heavy (non-hydrogen) atoms. The van der Waals surface area contributed by atoms with Gasteiger partial charge in [0.25, 0.3) is 0 Å². The van der Waals surface area contributed by atoms with Crippen LogP contribution in [-0.4, -0.2) is 0 Å². The Kier molecular flexibility index (Phi) is 4.08. The van der Waals surface area contributed by atoms with Gasteiger partial charge >= 0.3 is 0 Å². The lowest BCUT2D eigenvalue weighted by molar-refractivity contribution is 0.479. The van der Waals surface area contributed by atoms with E-state index in [9.17, 15) is 0 Å². The first-order chi connectivity index (χ1) is 8.19. The van der Waals surface area contributed by atoms with Gasteiger partial charge in [-0.2, -0.15) is 0 Å². The zero-order valence-corrected chi connectivity index (χ0v) is 11.8. The fraction of sp³-hybridized carbons (Fsp3) is 0.143. The Bertz CT molecular complexity index is 508. The van der Waals surface area contributed by atoms with Gasteiger partial charge in [0.1, 0.15) is 11.5 Å². The van der Waals surface area contributed by atoms with Crippen LogP contribution in [-0.2, 0) is 5.33 Å². The summed E-state index contributed by atoms with van der Waals surface area (Å²) in [5, 5.41) is 1.53. The molecule has 0 amide bonds. The highest BCUT2D eigenvalue weighted by molar-refractivity contribution is 9.08. The number of rotatable bonds is 3. The summed E-state index contributed by atoms with van der Waals surface area (Å²) in [5.74, 6) is 1.61. The Balaban J connectivity index is 2.22. The molecule has 2 aromatic carbocycles. The molecule has 0 saturated carbocycles. The Morgan fingerprint density at radius 2 is 1.82 bits per heavy atom. The predicted octanol–water partition coefficient (Wildman–Crippen LogP) is 5.34. The molecule has 0 unspecified atom stereocenters. The van der Waals surface area contributed by atoms with E-state index in [-0.39, 0.29) is 0 Å². The molecule has 0 aromatic heterocycles. The topological polar surface area (TPSA) is 9.23 Å². The fourth-order valence-corrected chi connectivity index (χ4v) is 1.99. The van der Waals surface area contributed by atoms with Crippen molar-refractivity contribution in [2.24, 2.45) is 0 Å². The average Bonchev–Trinajstić information content (AvgIpc) is 2.35. The van der Waals surface area contributed by atoms with E-state index in [1.807, 2.05) is 49.4 Å². The summed E-state index contributed by atoms with van der Waals surface area (Å²) >= 11 is 9.36. The Hall–Kier alpha value is -0.990. The van der Waals surface area contributed by atoms with Gasteiger partial charge in [0.05, 0.1) is 0 Å². The summed E-state index contributed by atoms with van der Waals surface area (Å²) in [6.07, 6.45) is 0. The van der Waals surface area contributed by atoms with Gasteiger partial charge in [-0.3, -0.25) is 0 Å². The fourth-order valence-electron chi connectivity index (χ4n) is 1.46. The van der Waals surface area contributed by atoms with E-state index in [2.05, 4.69) is 15.9 Å². The maximum absolute atomic E-state index is 5.94. The maximum Gasteiger partial charge on any atom is 0.131 e. The van der Waals surface area contributed by atoms with E-state index < -0.39 is 0 Å². The first kappa shape index (κ1) is 12.5. The van der Waals surface area contributed by atoms with E-state index in [4.69, 9.17) is 16.3 Å². The Labute approximate surface area is 115 Å². The molecule has 0 spiro atoms. The summed E-state index contributed by atoms with van der Waals surface area (Å²) in [6.45, 7) is 2.00. The quantitative estimate of drug-likeness (QED) is 0.696. The van der Waals surface area contributed by atoms with Crippen LogP contribution in [0, 0.1) is 6.92 Å². The summed E-state index contributed by atoms with van der Waals surface area (Å²) in [7, 11) is 0. The van der Waals surface area contributed by atoms with Crippen molar-refractivity contribution in [3.63, 3.8) is 0 Å². The lowest BCUT2D eigenvalue weighted by atomic mass is 10.2. The number of alkyl halides is 1. The average molecular weight is 312 g/mol. The van der Waals surface area contributed by atoms with Crippen molar-refractivity contribution >= 4 is 27.5 Å². The second-order valence-corrected chi connectivity index (χ2v) is 4.79. The third-order valence-corrected chi connectivity index (χ3v) is 3.34. The van der Waals surface area contributed by atoms with Crippen LogP contribution < -0.4 is 4.74 Å². The molecule has 2 rings (SSSR count). The highest BCUT2D eigenvalue weighted by atomic mass is 79.9. The number of hydrogen-bond acceptors (Lipinski definition) is 1. The smallest absolute Gasteiger partial charge is 0.131 e. The molecule has 0 saturated heterocycles. The number of ether oxygens (including phenoxy) is 1. The Morgan fingerprint density at radius 1 is 1.12 bits per heavy atom. The number of aryl methyl sites for hydroxylation is 1. The molecule has 1 nitrogen and oxygen atoms in total. The van der Waals surface area contributed by atoms with Crippen molar-refractivity contribution in [2.75, 3.05) is 0 Å². The van der Waals surface area contributed by atoms with Gasteiger partial charge < -0.3 is 4.74 Å². The third-order valence-electron chi connectivity index (χ3n) is 2.46. The van der Waals surface area contributed by atoms with Crippen LogP contribution in [0.1, 0.15) is 11.1 Å². The van der Waals surface area contributed by atoms with Gasteiger partial charge in [-0.05, 0) is 42.3 Å². The van der Waals surface area contributed by atoms with Crippen LogP contribution in [0.25, 0.3) is 0 Å².